The second-order valence-electron chi connectivity index (χ2n) is 3.73. The van der Waals surface area contributed by atoms with E-state index in [9.17, 15) is 0 Å². The summed E-state index contributed by atoms with van der Waals surface area (Å²) in [6.07, 6.45) is 1.28. The highest BCUT2D eigenvalue weighted by atomic mass is 14.8. The molecule has 2 N–H and O–H groups in total. The van der Waals surface area contributed by atoms with Crippen LogP contribution in [-0.2, 0) is 6.54 Å². The van der Waals surface area contributed by atoms with E-state index in [0.717, 1.165) is 12.5 Å². The molecule has 0 heterocycles. The number of benzene rings is 1. The standard InChI is InChI=1S/C12H19N/c1-3-11(2)9-13-10-12-7-5-4-6-8-12/h4-8,11,13H,3,9-10H2,1-2H3/p+1. The predicted octanol–water partition coefficient (Wildman–Crippen LogP) is 1.80. The molecule has 0 saturated carbocycles. The lowest BCUT2D eigenvalue weighted by atomic mass is 10.1. The van der Waals surface area contributed by atoms with Gasteiger partial charge in [-0.1, -0.05) is 44.2 Å². The van der Waals surface area contributed by atoms with Gasteiger partial charge in [-0.3, -0.25) is 0 Å². The van der Waals surface area contributed by atoms with Gasteiger partial charge in [-0.05, 0) is 6.42 Å². The summed E-state index contributed by atoms with van der Waals surface area (Å²) >= 11 is 0. The molecule has 1 heteroatoms. The molecule has 0 aliphatic carbocycles. The number of nitrogens with two attached hydrogens (primary N) is 1. The van der Waals surface area contributed by atoms with Crippen molar-refractivity contribution in [3.05, 3.63) is 35.9 Å². The van der Waals surface area contributed by atoms with Crippen LogP contribution < -0.4 is 5.32 Å². The first-order valence-electron chi connectivity index (χ1n) is 5.18. The zero-order valence-corrected chi connectivity index (χ0v) is 8.66. The highest BCUT2D eigenvalue weighted by molar-refractivity contribution is 5.12. The highest BCUT2D eigenvalue weighted by Crippen LogP contribution is 1.96. The van der Waals surface area contributed by atoms with Gasteiger partial charge in [0.25, 0.3) is 0 Å². The summed E-state index contributed by atoms with van der Waals surface area (Å²) in [5, 5.41) is 2.39. The molecule has 0 amide bonds. The van der Waals surface area contributed by atoms with Crippen molar-refractivity contribution in [2.75, 3.05) is 6.54 Å². The van der Waals surface area contributed by atoms with E-state index in [0.29, 0.717) is 0 Å². The van der Waals surface area contributed by atoms with Crippen LogP contribution in [0.4, 0.5) is 0 Å². The third kappa shape index (κ3) is 4.09. The topological polar surface area (TPSA) is 16.6 Å². The number of rotatable bonds is 5. The average molecular weight is 178 g/mol. The van der Waals surface area contributed by atoms with Gasteiger partial charge in [-0.2, -0.15) is 0 Å². The maximum atomic E-state index is 2.39. The summed E-state index contributed by atoms with van der Waals surface area (Å²) in [4.78, 5) is 0. The van der Waals surface area contributed by atoms with Crippen LogP contribution in [0.15, 0.2) is 30.3 Å². The Morgan fingerprint density at radius 3 is 2.54 bits per heavy atom. The highest BCUT2D eigenvalue weighted by Gasteiger charge is 2.00. The van der Waals surface area contributed by atoms with Gasteiger partial charge >= 0.3 is 0 Å². The number of quaternary nitrogens is 1. The van der Waals surface area contributed by atoms with Crippen molar-refractivity contribution in [2.45, 2.75) is 26.8 Å². The normalized spacial score (nSPS) is 12.8. The molecular weight excluding hydrogens is 158 g/mol. The molecule has 0 saturated heterocycles. The summed E-state index contributed by atoms with van der Waals surface area (Å²) in [6.45, 7) is 6.92. The quantitative estimate of drug-likeness (QED) is 0.708. The third-order valence-corrected chi connectivity index (χ3v) is 2.49. The van der Waals surface area contributed by atoms with Crippen molar-refractivity contribution < 1.29 is 5.32 Å². The van der Waals surface area contributed by atoms with Gasteiger partial charge in [-0.15, -0.1) is 0 Å². The van der Waals surface area contributed by atoms with E-state index in [1.165, 1.54) is 18.5 Å². The van der Waals surface area contributed by atoms with Crippen LogP contribution in [0.3, 0.4) is 0 Å². The van der Waals surface area contributed by atoms with Gasteiger partial charge in [0.1, 0.15) is 6.54 Å². The van der Waals surface area contributed by atoms with E-state index in [2.05, 4.69) is 49.5 Å². The summed E-state index contributed by atoms with van der Waals surface area (Å²) < 4.78 is 0. The average Bonchev–Trinajstić information content (AvgIpc) is 2.19. The Labute approximate surface area is 81.2 Å². The second kappa shape index (κ2) is 5.76. The van der Waals surface area contributed by atoms with Crippen LogP contribution in [-0.4, -0.2) is 6.54 Å². The molecule has 0 radical (unpaired) electrons. The maximum Gasteiger partial charge on any atom is 0.101 e. The van der Waals surface area contributed by atoms with Crippen LogP contribution in [0.2, 0.25) is 0 Å². The molecule has 72 valence electrons. The molecule has 1 aromatic rings. The Kier molecular flexibility index (Phi) is 4.55. The Hall–Kier alpha value is -0.820. The van der Waals surface area contributed by atoms with E-state index in [-0.39, 0.29) is 0 Å². The largest absolute Gasteiger partial charge is 0.342 e. The molecule has 1 atom stereocenters. The van der Waals surface area contributed by atoms with Crippen molar-refractivity contribution in [3.63, 3.8) is 0 Å². The minimum atomic E-state index is 0.837. The first-order valence-corrected chi connectivity index (χ1v) is 5.18. The van der Waals surface area contributed by atoms with E-state index in [1.54, 1.807) is 0 Å². The lowest BCUT2D eigenvalue weighted by molar-refractivity contribution is -0.675. The van der Waals surface area contributed by atoms with Crippen LogP contribution in [0.25, 0.3) is 0 Å². The van der Waals surface area contributed by atoms with Crippen LogP contribution in [0.1, 0.15) is 25.8 Å². The summed E-state index contributed by atoms with van der Waals surface area (Å²) in [5.41, 5.74) is 1.42. The molecule has 1 rings (SSSR count). The van der Waals surface area contributed by atoms with E-state index in [4.69, 9.17) is 0 Å². The van der Waals surface area contributed by atoms with Gasteiger partial charge in [0, 0.05) is 11.5 Å². The minimum absolute atomic E-state index is 0.837. The molecule has 1 nitrogen and oxygen atoms in total. The number of hydrogen-bond donors (Lipinski definition) is 1. The van der Waals surface area contributed by atoms with Gasteiger partial charge < -0.3 is 5.32 Å². The molecule has 0 fully saturated rings. The molecule has 0 aliphatic rings. The Morgan fingerprint density at radius 1 is 1.23 bits per heavy atom. The minimum Gasteiger partial charge on any atom is -0.342 e. The zero-order valence-electron chi connectivity index (χ0n) is 8.66. The fourth-order valence-electron chi connectivity index (χ4n) is 1.32. The first-order chi connectivity index (χ1) is 6.33. The van der Waals surface area contributed by atoms with Gasteiger partial charge in [0.2, 0.25) is 0 Å². The summed E-state index contributed by atoms with van der Waals surface area (Å²) in [7, 11) is 0. The molecular formula is C12H20N+. The Balaban J connectivity index is 2.20. The lowest BCUT2D eigenvalue weighted by Gasteiger charge is -2.06. The molecule has 1 aromatic carbocycles. The van der Waals surface area contributed by atoms with Gasteiger partial charge in [0.15, 0.2) is 0 Å². The van der Waals surface area contributed by atoms with Crippen molar-refractivity contribution >= 4 is 0 Å². The predicted molar refractivity (Wildman–Crippen MR) is 56.4 cm³/mol. The third-order valence-electron chi connectivity index (χ3n) is 2.49. The Morgan fingerprint density at radius 2 is 1.92 bits per heavy atom. The Bertz CT molecular complexity index is 218. The molecule has 13 heavy (non-hydrogen) atoms. The lowest BCUT2D eigenvalue weighted by Crippen LogP contribution is -2.83. The summed E-state index contributed by atoms with van der Waals surface area (Å²) in [5.74, 6) is 0.837. The molecule has 0 bridgehead atoms. The molecule has 1 unspecified atom stereocenters. The van der Waals surface area contributed by atoms with Crippen molar-refractivity contribution in [2.24, 2.45) is 5.92 Å². The fourth-order valence-corrected chi connectivity index (χ4v) is 1.32. The maximum absolute atomic E-state index is 2.39. The smallest absolute Gasteiger partial charge is 0.101 e. The molecule has 0 aliphatic heterocycles. The SMILES string of the molecule is CCC(C)C[NH2+]Cc1ccccc1. The zero-order chi connectivity index (χ0) is 9.52. The van der Waals surface area contributed by atoms with Crippen molar-refractivity contribution in [3.8, 4) is 0 Å². The van der Waals surface area contributed by atoms with Crippen LogP contribution in [0, 0.1) is 5.92 Å². The van der Waals surface area contributed by atoms with E-state index < -0.39 is 0 Å². The molecule has 0 aromatic heterocycles. The number of hydrogen-bond acceptors (Lipinski definition) is 0. The fraction of sp³-hybridized carbons (Fsp3) is 0.500. The monoisotopic (exact) mass is 178 g/mol. The van der Waals surface area contributed by atoms with Gasteiger partial charge in [-0.25, -0.2) is 0 Å². The van der Waals surface area contributed by atoms with E-state index in [1.807, 2.05) is 0 Å². The first kappa shape index (κ1) is 10.3. The van der Waals surface area contributed by atoms with Crippen LogP contribution in [0.5, 0.6) is 0 Å². The van der Waals surface area contributed by atoms with E-state index >= 15 is 0 Å². The van der Waals surface area contributed by atoms with Crippen molar-refractivity contribution in [1.82, 2.24) is 0 Å². The van der Waals surface area contributed by atoms with Gasteiger partial charge in [0.05, 0.1) is 6.54 Å². The molecule has 0 spiro atoms. The summed E-state index contributed by atoms with van der Waals surface area (Å²) in [6, 6.07) is 10.7. The van der Waals surface area contributed by atoms with Crippen molar-refractivity contribution in [1.29, 1.82) is 0 Å². The van der Waals surface area contributed by atoms with Crippen LogP contribution >= 0.6 is 0 Å². The second-order valence-corrected chi connectivity index (χ2v) is 3.73.